The minimum absolute atomic E-state index is 0. The zero-order valence-electron chi connectivity index (χ0n) is 15.8. The Morgan fingerprint density at radius 3 is 2.15 bits per heavy atom. The molecule has 0 fully saturated rings. The van der Waals surface area contributed by atoms with Crippen LogP contribution in [0.2, 0.25) is 0 Å². The Kier molecular flexibility index (Phi) is 6.37. The Bertz CT molecular complexity index is 889. The van der Waals surface area contributed by atoms with Crippen molar-refractivity contribution in [1.82, 2.24) is 0 Å². The average Bonchev–Trinajstić information content (AvgIpc) is 2.89. The quantitative estimate of drug-likeness (QED) is 0.794. The van der Waals surface area contributed by atoms with Gasteiger partial charge in [-0.05, 0) is 53.6 Å². The number of rotatable bonds is 4. The first-order valence-corrected chi connectivity index (χ1v) is 8.60. The third-order valence-electron chi connectivity index (χ3n) is 5.02. The van der Waals surface area contributed by atoms with E-state index in [2.05, 4.69) is 6.92 Å². The standard InChI is InChI=1S/C21H24O5.CH4/c1-12-6-7-13-10-18(24-3)20(25-4)21(26-5)19(13)14-8-9-17(23-2)16(22)11-15(12)14;/h8-12H,6-7H2,1-5H3;1H4/t12-;/m0./s1. The number of benzene rings is 1. The van der Waals surface area contributed by atoms with Gasteiger partial charge in [-0.1, -0.05) is 20.4 Å². The maximum absolute atomic E-state index is 12.5. The fraction of sp³-hybridized carbons (Fsp3) is 0.409. The van der Waals surface area contributed by atoms with Crippen LogP contribution in [0, 0.1) is 0 Å². The van der Waals surface area contributed by atoms with Crippen LogP contribution in [-0.2, 0) is 6.42 Å². The summed E-state index contributed by atoms with van der Waals surface area (Å²) in [6, 6.07) is 7.34. The summed E-state index contributed by atoms with van der Waals surface area (Å²) >= 11 is 0. The third-order valence-corrected chi connectivity index (χ3v) is 5.02. The minimum atomic E-state index is -0.122. The summed E-state index contributed by atoms with van der Waals surface area (Å²) in [5.74, 6) is 2.36. The second-order valence-corrected chi connectivity index (χ2v) is 6.40. The number of aryl methyl sites for hydroxylation is 1. The van der Waals surface area contributed by atoms with Crippen LogP contribution in [0.1, 0.15) is 37.8 Å². The molecule has 27 heavy (non-hydrogen) atoms. The largest absolute Gasteiger partial charge is 0.493 e. The van der Waals surface area contributed by atoms with E-state index in [0.29, 0.717) is 23.0 Å². The van der Waals surface area contributed by atoms with Crippen LogP contribution in [0.25, 0.3) is 11.1 Å². The summed E-state index contributed by atoms with van der Waals surface area (Å²) in [5.41, 5.74) is 3.89. The molecule has 1 aliphatic rings. The van der Waals surface area contributed by atoms with Gasteiger partial charge in [-0.25, -0.2) is 0 Å². The van der Waals surface area contributed by atoms with Crippen LogP contribution in [0.5, 0.6) is 23.0 Å². The Morgan fingerprint density at radius 2 is 1.56 bits per heavy atom. The summed E-state index contributed by atoms with van der Waals surface area (Å²) in [5, 5.41) is 0. The maximum Gasteiger partial charge on any atom is 0.220 e. The monoisotopic (exact) mass is 372 g/mol. The number of hydrogen-bond donors (Lipinski definition) is 0. The lowest BCUT2D eigenvalue weighted by Gasteiger charge is -2.19. The zero-order valence-corrected chi connectivity index (χ0v) is 15.8. The number of hydrogen-bond acceptors (Lipinski definition) is 5. The van der Waals surface area contributed by atoms with Gasteiger partial charge in [0.1, 0.15) is 0 Å². The van der Waals surface area contributed by atoms with Gasteiger partial charge >= 0.3 is 0 Å². The van der Waals surface area contributed by atoms with Crippen molar-refractivity contribution >= 4 is 0 Å². The molecule has 0 aliphatic heterocycles. The molecule has 0 bridgehead atoms. The first kappa shape index (κ1) is 20.6. The molecule has 3 rings (SSSR count). The van der Waals surface area contributed by atoms with Gasteiger partial charge in [-0.15, -0.1) is 0 Å². The van der Waals surface area contributed by atoms with Crippen LogP contribution in [-0.4, -0.2) is 28.4 Å². The molecule has 5 nitrogen and oxygen atoms in total. The average molecular weight is 372 g/mol. The predicted octanol–water partition coefficient (Wildman–Crippen LogP) is 4.43. The molecule has 0 heterocycles. The molecular formula is C22H28O5. The normalized spacial score (nSPS) is 14.8. The lowest BCUT2D eigenvalue weighted by atomic mass is 9.94. The van der Waals surface area contributed by atoms with Crippen LogP contribution in [0.15, 0.2) is 29.1 Å². The van der Waals surface area contributed by atoms with E-state index in [9.17, 15) is 4.79 Å². The molecule has 0 unspecified atom stereocenters. The summed E-state index contributed by atoms with van der Waals surface area (Å²) in [6.45, 7) is 2.14. The van der Waals surface area contributed by atoms with E-state index in [1.54, 1.807) is 33.5 Å². The van der Waals surface area contributed by atoms with Gasteiger partial charge in [-0.3, -0.25) is 4.79 Å². The Hall–Kier alpha value is -2.69. The van der Waals surface area contributed by atoms with E-state index in [-0.39, 0.29) is 18.8 Å². The second-order valence-electron chi connectivity index (χ2n) is 6.40. The molecule has 2 aromatic rings. The van der Waals surface area contributed by atoms with Crippen LogP contribution in [0.4, 0.5) is 0 Å². The fourth-order valence-electron chi connectivity index (χ4n) is 3.66. The van der Waals surface area contributed by atoms with Gasteiger partial charge in [0.2, 0.25) is 11.2 Å². The molecule has 0 amide bonds. The van der Waals surface area contributed by atoms with Gasteiger partial charge in [0.05, 0.1) is 28.4 Å². The van der Waals surface area contributed by atoms with Gasteiger partial charge in [-0.2, -0.15) is 0 Å². The molecule has 0 radical (unpaired) electrons. The van der Waals surface area contributed by atoms with Gasteiger partial charge in [0.15, 0.2) is 17.2 Å². The summed E-state index contributed by atoms with van der Waals surface area (Å²) in [6.07, 6.45) is 1.78. The van der Waals surface area contributed by atoms with Crippen molar-refractivity contribution in [1.29, 1.82) is 0 Å². The first-order valence-electron chi connectivity index (χ1n) is 8.60. The van der Waals surface area contributed by atoms with Crippen molar-refractivity contribution in [2.24, 2.45) is 0 Å². The highest BCUT2D eigenvalue weighted by molar-refractivity contribution is 5.82. The zero-order chi connectivity index (χ0) is 18.8. The highest BCUT2D eigenvalue weighted by Crippen LogP contribution is 2.50. The number of methoxy groups -OCH3 is 4. The van der Waals surface area contributed by atoms with Crippen molar-refractivity contribution in [2.75, 3.05) is 28.4 Å². The smallest absolute Gasteiger partial charge is 0.220 e. The Balaban J connectivity index is 0.00000261. The third kappa shape index (κ3) is 3.46. The van der Waals surface area contributed by atoms with Crippen molar-refractivity contribution in [2.45, 2.75) is 33.1 Å². The van der Waals surface area contributed by atoms with Gasteiger partial charge < -0.3 is 18.9 Å². The molecule has 0 spiro atoms. The molecule has 1 aliphatic carbocycles. The Labute approximate surface area is 160 Å². The summed E-state index contributed by atoms with van der Waals surface area (Å²) < 4.78 is 22.0. The van der Waals surface area contributed by atoms with Crippen molar-refractivity contribution in [3.05, 3.63) is 45.6 Å². The van der Waals surface area contributed by atoms with Crippen molar-refractivity contribution < 1.29 is 18.9 Å². The van der Waals surface area contributed by atoms with Gasteiger partial charge in [0, 0.05) is 5.56 Å². The van der Waals surface area contributed by atoms with Crippen LogP contribution in [0.3, 0.4) is 0 Å². The number of fused-ring (bicyclic) bond motifs is 3. The lowest BCUT2D eigenvalue weighted by Crippen LogP contribution is -2.03. The molecule has 146 valence electrons. The highest BCUT2D eigenvalue weighted by atomic mass is 16.5. The molecule has 2 aromatic carbocycles. The van der Waals surface area contributed by atoms with Crippen LogP contribution < -0.4 is 24.4 Å². The minimum Gasteiger partial charge on any atom is -0.493 e. The Morgan fingerprint density at radius 1 is 0.889 bits per heavy atom. The second kappa shape index (κ2) is 8.33. The molecule has 0 N–H and O–H groups in total. The molecule has 5 heteroatoms. The molecule has 0 saturated heterocycles. The molecular weight excluding hydrogens is 344 g/mol. The molecule has 0 saturated carbocycles. The van der Waals surface area contributed by atoms with E-state index in [1.807, 2.05) is 12.1 Å². The van der Waals surface area contributed by atoms with Crippen molar-refractivity contribution in [3.63, 3.8) is 0 Å². The highest BCUT2D eigenvalue weighted by Gasteiger charge is 2.27. The van der Waals surface area contributed by atoms with Crippen molar-refractivity contribution in [3.8, 4) is 34.1 Å². The van der Waals surface area contributed by atoms with E-state index < -0.39 is 0 Å². The van der Waals surface area contributed by atoms with E-state index in [0.717, 1.165) is 35.1 Å². The summed E-state index contributed by atoms with van der Waals surface area (Å²) in [4.78, 5) is 12.5. The molecule has 0 aromatic heterocycles. The SMILES string of the molecule is C.COc1cc2c(c(OC)c1OC)-c1ccc(OC)c(=O)cc1[C@@H](C)CC2. The van der Waals surface area contributed by atoms with Gasteiger partial charge in [0.25, 0.3) is 0 Å². The van der Waals surface area contributed by atoms with Crippen LogP contribution >= 0.6 is 0 Å². The topological polar surface area (TPSA) is 54.0 Å². The van der Waals surface area contributed by atoms with E-state index in [4.69, 9.17) is 18.9 Å². The van der Waals surface area contributed by atoms with E-state index >= 15 is 0 Å². The first-order chi connectivity index (χ1) is 12.5. The lowest BCUT2D eigenvalue weighted by molar-refractivity contribution is 0.324. The maximum atomic E-state index is 12.5. The fourth-order valence-corrected chi connectivity index (χ4v) is 3.66. The number of ether oxygens (including phenoxy) is 4. The summed E-state index contributed by atoms with van der Waals surface area (Å²) in [7, 11) is 6.34. The molecule has 1 atom stereocenters. The predicted molar refractivity (Wildman–Crippen MR) is 108 cm³/mol. The van der Waals surface area contributed by atoms with E-state index in [1.165, 1.54) is 7.11 Å².